The average Bonchev–Trinajstić information content (AvgIpc) is 2.96. The van der Waals surface area contributed by atoms with Crippen LogP contribution >= 0.6 is 0 Å². The summed E-state index contributed by atoms with van der Waals surface area (Å²) in [6, 6.07) is 2.07. The highest BCUT2D eigenvalue weighted by Gasteiger charge is 2.27. The van der Waals surface area contributed by atoms with Gasteiger partial charge in [0.25, 0.3) is 5.91 Å². The van der Waals surface area contributed by atoms with Crippen molar-refractivity contribution in [1.29, 1.82) is 0 Å². The van der Waals surface area contributed by atoms with E-state index >= 15 is 0 Å². The number of aryl methyl sites for hydroxylation is 1. The van der Waals surface area contributed by atoms with Crippen molar-refractivity contribution in [1.82, 2.24) is 25.4 Å². The lowest BCUT2D eigenvalue weighted by Gasteiger charge is -2.34. The fraction of sp³-hybridized carbons (Fsp3) is 0.611. The van der Waals surface area contributed by atoms with Gasteiger partial charge in [0.2, 0.25) is 0 Å². The third-order valence-corrected chi connectivity index (χ3v) is 4.91. The number of piperidine rings is 1. The zero-order chi connectivity index (χ0) is 17.3. The van der Waals surface area contributed by atoms with Gasteiger partial charge < -0.3 is 10.6 Å². The van der Waals surface area contributed by atoms with Gasteiger partial charge in [-0.05, 0) is 58.2 Å². The number of pyridine rings is 1. The Labute approximate surface area is 143 Å². The molecule has 130 valence electrons. The Morgan fingerprint density at radius 2 is 2.12 bits per heavy atom. The molecule has 0 unspecified atom stereocenters. The number of nitrogens with zero attached hydrogens (tertiary/aromatic N) is 3. The highest BCUT2D eigenvalue weighted by molar-refractivity contribution is 6.05. The largest absolute Gasteiger partial charge is 0.351 e. The van der Waals surface area contributed by atoms with Gasteiger partial charge in [0.1, 0.15) is 0 Å². The molecule has 2 N–H and O–H groups in total. The van der Waals surface area contributed by atoms with E-state index in [1.807, 2.05) is 17.7 Å². The van der Waals surface area contributed by atoms with Crippen LogP contribution in [0.25, 0.3) is 11.0 Å². The molecule has 0 spiro atoms. The zero-order valence-corrected chi connectivity index (χ0v) is 15.0. The minimum absolute atomic E-state index is 0.0337. The van der Waals surface area contributed by atoms with E-state index in [0.29, 0.717) is 12.1 Å². The molecule has 1 fully saturated rings. The number of hydrogen-bond acceptors (Lipinski definition) is 4. The van der Waals surface area contributed by atoms with Crippen molar-refractivity contribution in [3.8, 4) is 0 Å². The van der Waals surface area contributed by atoms with Crippen LogP contribution in [-0.4, -0.2) is 40.3 Å². The van der Waals surface area contributed by atoms with E-state index in [1.54, 1.807) is 6.20 Å². The molecule has 1 saturated heterocycles. The molecule has 0 atom stereocenters. The van der Waals surface area contributed by atoms with Crippen molar-refractivity contribution in [3.63, 3.8) is 0 Å². The van der Waals surface area contributed by atoms with Gasteiger partial charge in [0.05, 0.1) is 17.1 Å². The number of amides is 1. The molecular formula is C18H27N5O. The van der Waals surface area contributed by atoms with E-state index in [4.69, 9.17) is 0 Å². The predicted molar refractivity (Wildman–Crippen MR) is 95.2 cm³/mol. The fourth-order valence-electron chi connectivity index (χ4n) is 3.30. The first-order valence-electron chi connectivity index (χ1n) is 8.73. The number of fused-ring (bicyclic) bond motifs is 1. The van der Waals surface area contributed by atoms with Crippen molar-refractivity contribution in [2.75, 3.05) is 19.6 Å². The first-order valence-corrected chi connectivity index (χ1v) is 8.73. The van der Waals surface area contributed by atoms with Gasteiger partial charge in [-0.25, -0.2) is 9.67 Å². The monoisotopic (exact) mass is 329 g/mol. The van der Waals surface area contributed by atoms with Gasteiger partial charge in [-0.1, -0.05) is 6.92 Å². The van der Waals surface area contributed by atoms with Crippen LogP contribution in [0, 0.1) is 12.3 Å². The van der Waals surface area contributed by atoms with E-state index in [1.165, 1.54) is 0 Å². The Bertz CT molecular complexity index is 743. The second-order valence-corrected chi connectivity index (χ2v) is 7.47. The maximum absolute atomic E-state index is 12.8. The third-order valence-electron chi connectivity index (χ3n) is 4.91. The van der Waals surface area contributed by atoms with E-state index < -0.39 is 0 Å². The van der Waals surface area contributed by atoms with E-state index in [0.717, 1.165) is 42.7 Å². The van der Waals surface area contributed by atoms with E-state index in [-0.39, 0.29) is 17.4 Å². The lowest BCUT2D eigenvalue weighted by atomic mass is 9.81. The molecule has 0 bridgehead atoms. The summed E-state index contributed by atoms with van der Waals surface area (Å²) in [7, 11) is 0. The number of hydrogen-bond donors (Lipinski definition) is 2. The lowest BCUT2D eigenvalue weighted by molar-refractivity contribution is 0.0923. The molecule has 1 aliphatic heterocycles. The number of nitrogens with one attached hydrogen (secondary N) is 2. The first-order chi connectivity index (χ1) is 11.4. The Morgan fingerprint density at radius 3 is 2.79 bits per heavy atom. The summed E-state index contributed by atoms with van der Waals surface area (Å²) in [5, 5.41) is 11.7. The molecule has 6 heteroatoms. The SMILES string of the molecule is Cc1cc(C(=O)NCC2(C)CCNCC2)c2cnn(C(C)C)c2n1. The number of rotatable bonds is 4. The van der Waals surface area contributed by atoms with Crippen molar-refractivity contribution in [3.05, 3.63) is 23.5 Å². The molecule has 1 aliphatic rings. The standard InChI is InChI=1S/C18H27N5O/c1-12(2)23-16-15(10-21-23)14(9-13(3)22-16)17(24)20-11-18(4)5-7-19-8-6-18/h9-10,12,19H,5-8,11H2,1-4H3,(H,20,24). The molecule has 0 radical (unpaired) electrons. The summed E-state index contributed by atoms with van der Waals surface area (Å²) >= 11 is 0. The number of aromatic nitrogens is 3. The summed E-state index contributed by atoms with van der Waals surface area (Å²) in [5.74, 6) is -0.0337. The Morgan fingerprint density at radius 1 is 1.42 bits per heavy atom. The van der Waals surface area contributed by atoms with Crippen LogP contribution in [0.15, 0.2) is 12.3 Å². The predicted octanol–water partition coefficient (Wildman–Crippen LogP) is 2.44. The zero-order valence-electron chi connectivity index (χ0n) is 15.0. The summed E-state index contributed by atoms with van der Waals surface area (Å²) in [6.45, 7) is 11.0. The van der Waals surface area contributed by atoms with Gasteiger partial charge in [0.15, 0.2) is 5.65 Å². The quantitative estimate of drug-likeness (QED) is 0.904. The first kappa shape index (κ1) is 16.9. The van der Waals surface area contributed by atoms with Crippen LogP contribution in [0.5, 0.6) is 0 Å². The summed E-state index contributed by atoms with van der Waals surface area (Å²) < 4.78 is 1.87. The highest BCUT2D eigenvalue weighted by Crippen LogP contribution is 2.27. The molecule has 24 heavy (non-hydrogen) atoms. The van der Waals surface area contributed by atoms with Crippen LogP contribution in [-0.2, 0) is 0 Å². The maximum Gasteiger partial charge on any atom is 0.252 e. The van der Waals surface area contributed by atoms with Gasteiger partial charge >= 0.3 is 0 Å². The second kappa shape index (κ2) is 6.51. The van der Waals surface area contributed by atoms with Crippen molar-refractivity contribution >= 4 is 16.9 Å². The summed E-state index contributed by atoms with van der Waals surface area (Å²) in [6.07, 6.45) is 3.93. The molecule has 0 aliphatic carbocycles. The maximum atomic E-state index is 12.8. The summed E-state index contributed by atoms with van der Waals surface area (Å²) in [5.41, 5.74) is 2.46. The molecule has 6 nitrogen and oxygen atoms in total. The smallest absolute Gasteiger partial charge is 0.252 e. The van der Waals surface area contributed by atoms with E-state index in [9.17, 15) is 4.79 Å². The minimum atomic E-state index is -0.0337. The number of carbonyl (C=O) groups is 1. The van der Waals surface area contributed by atoms with Gasteiger partial charge in [-0.15, -0.1) is 0 Å². The molecule has 3 rings (SSSR count). The molecule has 0 aromatic carbocycles. The van der Waals surface area contributed by atoms with Crippen LogP contribution in [0.1, 0.15) is 55.7 Å². The second-order valence-electron chi connectivity index (χ2n) is 7.47. The third kappa shape index (κ3) is 3.29. The molecule has 0 saturated carbocycles. The lowest BCUT2D eigenvalue weighted by Crippen LogP contribution is -2.42. The van der Waals surface area contributed by atoms with E-state index in [2.05, 4.69) is 41.5 Å². The Balaban J connectivity index is 1.84. The molecule has 2 aromatic rings. The topological polar surface area (TPSA) is 71.8 Å². The van der Waals surface area contributed by atoms with Gasteiger partial charge in [0, 0.05) is 18.3 Å². The normalized spacial score (nSPS) is 17.4. The van der Waals surface area contributed by atoms with Crippen molar-refractivity contribution < 1.29 is 4.79 Å². The van der Waals surface area contributed by atoms with Gasteiger partial charge in [-0.2, -0.15) is 5.10 Å². The van der Waals surface area contributed by atoms with Crippen LogP contribution in [0.2, 0.25) is 0 Å². The molecule has 1 amide bonds. The van der Waals surface area contributed by atoms with Crippen LogP contribution in [0.4, 0.5) is 0 Å². The van der Waals surface area contributed by atoms with Crippen molar-refractivity contribution in [2.24, 2.45) is 5.41 Å². The Kier molecular flexibility index (Phi) is 4.58. The number of carbonyl (C=O) groups excluding carboxylic acids is 1. The Hall–Kier alpha value is -1.95. The molecular weight excluding hydrogens is 302 g/mol. The van der Waals surface area contributed by atoms with Crippen LogP contribution < -0.4 is 10.6 Å². The van der Waals surface area contributed by atoms with Crippen molar-refractivity contribution in [2.45, 2.75) is 46.6 Å². The van der Waals surface area contributed by atoms with Gasteiger partial charge in [-0.3, -0.25) is 4.79 Å². The fourth-order valence-corrected chi connectivity index (χ4v) is 3.30. The minimum Gasteiger partial charge on any atom is -0.351 e. The molecule has 3 heterocycles. The van der Waals surface area contributed by atoms with Crippen LogP contribution in [0.3, 0.4) is 0 Å². The average molecular weight is 329 g/mol. The summed E-state index contributed by atoms with van der Waals surface area (Å²) in [4.78, 5) is 17.4. The highest BCUT2D eigenvalue weighted by atomic mass is 16.1. The molecule has 2 aromatic heterocycles.